The molecule has 0 saturated heterocycles. The average molecular weight is 437 g/mol. The van der Waals surface area contributed by atoms with Crippen LogP contribution in [0.2, 0.25) is 27.4 Å². The van der Waals surface area contributed by atoms with Gasteiger partial charge in [0.05, 0.1) is 10.0 Å². The van der Waals surface area contributed by atoms with Crippen molar-refractivity contribution < 1.29 is 8.42 Å². The van der Waals surface area contributed by atoms with Crippen molar-refractivity contribution in [1.29, 1.82) is 0 Å². The van der Waals surface area contributed by atoms with Crippen LogP contribution in [0.3, 0.4) is 0 Å². The van der Waals surface area contributed by atoms with Gasteiger partial charge in [0, 0.05) is 0 Å². The number of sulfone groups is 1. The van der Waals surface area contributed by atoms with Crippen molar-refractivity contribution in [2.75, 3.05) is 0 Å². The molecule has 0 bridgehead atoms. The first-order valence-electron chi connectivity index (χ1n) is 4.19. The van der Waals surface area contributed by atoms with Crippen molar-refractivity contribution in [3.63, 3.8) is 0 Å². The number of halogens is 6. The zero-order chi connectivity index (χ0) is 14.5. The quantitative estimate of drug-likeness (QED) is 0.534. The largest absolute Gasteiger partial charge is 0.218 e. The molecule has 0 aliphatic heterocycles. The minimum Gasteiger partial charge on any atom is -0.218 e. The van der Waals surface area contributed by atoms with Crippen LogP contribution in [-0.2, 0) is 9.84 Å². The van der Waals surface area contributed by atoms with Gasteiger partial charge in [-0.1, -0.05) is 69.6 Å². The Morgan fingerprint density at radius 1 is 0.632 bits per heavy atom. The predicted octanol–water partition coefficient (Wildman–Crippen LogP) is 6.56. The molecule has 0 amide bonds. The Hall–Kier alpha value is 1.09. The van der Waals surface area contributed by atoms with Crippen LogP contribution in [-0.4, -0.2) is 8.42 Å². The molecular formula is C8Cl6O2S3. The van der Waals surface area contributed by atoms with Crippen LogP contribution in [0.5, 0.6) is 0 Å². The van der Waals surface area contributed by atoms with E-state index in [0.29, 0.717) is 0 Å². The number of hydrogen-bond acceptors (Lipinski definition) is 4. The molecule has 19 heavy (non-hydrogen) atoms. The molecule has 2 rings (SSSR count). The number of hydrogen-bond donors (Lipinski definition) is 0. The lowest BCUT2D eigenvalue weighted by Gasteiger charge is -2.03. The van der Waals surface area contributed by atoms with E-state index in [2.05, 4.69) is 0 Å². The minimum absolute atomic E-state index is 0.0653. The van der Waals surface area contributed by atoms with Gasteiger partial charge in [0.1, 0.15) is 27.1 Å². The molecule has 0 N–H and O–H groups in total. The van der Waals surface area contributed by atoms with Gasteiger partial charge in [0.2, 0.25) is 9.84 Å². The lowest BCUT2D eigenvalue weighted by Crippen LogP contribution is -2.02. The molecule has 2 nitrogen and oxygen atoms in total. The average Bonchev–Trinajstić information content (AvgIpc) is 2.66. The van der Waals surface area contributed by atoms with Gasteiger partial charge in [0.15, 0.2) is 0 Å². The van der Waals surface area contributed by atoms with E-state index < -0.39 is 9.84 Å². The smallest absolute Gasteiger partial charge is 0.214 e. The summed E-state index contributed by atoms with van der Waals surface area (Å²) in [5.41, 5.74) is 0. The maximum Gasteiger partial charge on any atom is 0.214 e. The van der Waals surface area contributed by atoms with Gasteiger partial charge in [-0.05, 0) is 0 Å². The lowest BCUT2D eigenvalue weighted by atomic mass is 10.6. The van der Waals surface area contributed by atoms with Gasteiger partial charge in [0.25, 0.3) is 0 Å². The van der Waals surface area contributed by atoms with E-state index in [4.69, 9.17) is 69.6 Å². The fourth-order valence-electron chi connectivity index (χ4n) is 1.24. The Morgan fingerprint density at radius 3 is 1.16 bits per heavy atom. The summed E-state index contributed by atoms with van der Waals surface area (Å²) >= 11 is 36.6. The van der Waals surface area contributed by atoms with Gasteiger partial charge >= 0.3 is 0 Å². The molecule has 0 atom stereocenters. The molecule has 0 aliphatic rings. The summed E-state index contributed by atoms with van der Waals surface area (Å²) in [5, 5.41) is -0.322. The van der Waals surface area contributed by atoms with E-state index in [1.807, 2.05) is 0 Å². The third kappa shape index (κ3) is 2.74. The molecule has 0 spiro atoms. The molecule has 104 valence electrons. The fourth-order valence-corrected chi connectivity index (χ4v) is 8.17. The highest BCUT2D eigenvalue weighted by atomic mass is 35.5. The van der Waals surface area contributed by atoms with E-state index in [9.17, 15) is 8.42 Å². The molecule has 0 radical (unpaired) electrons. The monoisotopic (exact) mass is 434 g/mol. The Bertz CT molecular complexity index is 702. The van der Waals surface area contributed by atoms with Crippen LogP contribution in [0.1, 0.15) is 0 Å². The molecule has 2 heterocycles. The summed E-state index contributed by atoms with van der Waals surface area (Å²) in [6, 6.07) is 0. The van der Waals surface area contributed by atoms with E-state index in [1.54, 1.807) is 0 Å². The van der Waals surface area contributed by atoms with Crippen molar-refractivity contribution >= 4 is 102 Å². The molecule has 0 saturated carbocycles. The van der Waals surface area contributed by atoms with Crippen LogP contribution >= 0.6 is 92.3 Å². The van der Waals surface area contributed by atoms with Crippen LogP contribution in [0, 0.1) is 0 Å². The van der Waals surface area contributed by atoms with Crippen molar-refractivity contribution in [3.8, 4) is 0 Å². The zero-order valence-corrected chi connectivity index (χ0v) is 15.3. The third-order valence-corrected chi connectivity index (χ3v) is 8.98. The summed E-state index contributed by atoms with van der Waals surface area (Å²) < 4.78 is 25.0. The maximum atomic E-state index is 12.5. The molecule has 2 aromatic heterocycles. The van der Waals surface area contributed by atoms with Crippen molar-refractivity contribution in [3.05, 3.63) is 27.4 Å². The Balaban J connectivity index is 2.80. The summed E-state index contributed by atoms with van der Waals surface area (Å²) in [4.78, 5) is -0.631. The van der Waals surface area contributed by atoms with Crippen molar-refractivity contribution in [2.45, 2.75) is 9.79 Å². The van der Waals surface area contributed by atoms with Gasteiger partial charge in [-0.15, -0.1) is 22.7 Å². The first kappa shape index (κ1) is 16.5. The molecule has 0 aliphatic carbocycles. The Morgan fingerprint density at radius 2 is 0.947 bits per heavy atom. The predicted molar refractivity (Wildman–Crippen MR) is 84.1 cm³/mol. The molecular weight excluding hydrogens is 437 g/mol. The van der Waals surface area contributed by atoms with E-state index in [-0.39, 0.29) is 37.2 Å². The Kier molecular flexibility index (Phi) is 4.94. The highest BCUT2D eigenvalue weighted by Crippen LogP contribution is 2.50. The van der Waals surface area contributed by atoms with Gasteiger partial charge in [-0.25, -0.2) is 8.42 Å². The lowest BCUT2D eigenvalue weighted by molar-refractivity contribution is 0.597. The van der Waals surface area contributed by atoms with Crippen LogP contribution in [0.4, 0.5) is 0 Å². The van der Waals surface area contributed by atoms with Crippen molar-refractivity contribution in [2.24, 2.45) is 0 Å². The van der Waals surface area contributed by atoms with Crippen LogP contribution in [0.15, 0.2) is 9.79 Å². The molecule has 0 unspecified atom stereocenters. The second-order valence-electron chi connectivity index (χ2n) is 3.09. The summed E-state index contributed by atoms with van der Waals surface area (Å²) in [7, 11) is -4.10. The third-order valence-electron chi connectivity index (χ3n) is 2.00. The fraction of sp³-hybridized carbons (Fsp3) is 0. The minimum atomic E-state index is -4.10. The second kappa shape index (κ2) is 5.71. The highest BCUT2D eigenvalue weighted by Gasteiger charge is 2.34. The zero-order valence-electron chi connectivity index (χ0n) is 8.31. The van der Waals surface area contributed by atoms with Gasteiger partial charge in [-0.3, -0.25) is 0 Å². The first-order valence-corrected chi connectivity index (χ1v) is 9.58. The molecule has 11 heteroatoms. The van der Waals surface area contributed by atoms with E-state index in [1.165, 1.54) is 0 Å². The molecule has 0 aromatic carbocycles. The first-order chi connectivity index (χ1) is 8.67. The van der Waals surface area contributed by atoms with Gasteiger partial charge < -0.3 is 0 Å². The summed E-state index contributed by atoms with van der Waals surface area (Å²) in [6.07, 6.45) is 0. The number of thiophene rings is 2. The summed E-state index contributed by atoms with van der Waals surface area (Å²) in [6.45, 7) is 0. The standard InChI is InChI=1S/C8Cl6O2S3/c9-1-3(7(13)17-5(1)11)19(15,16)4-2(10)6(12)18-8(4)14. The summed E-state index contributed by atoms with van der Waals surface area (Å²) in [5.74, 6) is 0. The van der Waals surface area contributed by atoms with Crippen molar-refractivity contribution in [1.82, 2.24) is 0 Å². The van der Waals surface area contributed by atoms with Crippen LogP contribution in [0.25, 0.3) is 0 Å². The Labute approximate surface area is 146 Å². The molecule has 2 aromatic rings. The normalized spacial score (nSPS) is 12.1. The van der Waals surface area contributed by atoms with E-state index >= 15 is 0 Å². The molecule has 0 fully saturated rings. The van der Waals surface area contributed by atoms with Crippen LogP contribution < -0.4 is 0 Å². The van der Waals surface area contributed by atoms with Gasteiger partial charge in [-0.2, -0.15) is 0 Å². The highest BCUT2D eigenvalue weighted by molar-refractivity contribution is 7.92. The van der Waals surface area contributed by atoms with E-state index in [0.717, 1.165) is 22.7 Å². The second-order valence-corrected chi connectivity index (χ2v) is 10.1. The maximum absolute atomic E-state index is 12.5. The SMILES string of the molecule is O=S(=O)(c1c(Cl)sc(Cl)c1Cl)c1c(Cl)sc(Cl)c1Cl. The topological polar surface area (TPSA) is 34.1 Å². The number of rotatable bonds is 2.